The SMILES string of the molecule is Cc1cc(NCCCN2CCC(C(=O)O)CC2)nc2ccccc12.O=C(O)C(F)(F)F. The van der Waals surface area contributed by atoms with Crippen molar-refractivity contribution in [3.63, 3.8) is 0 Å². The van der Waals surface area contributed by atoms with Gasteiger partial charge in [-0.2, -0.15) is 13.2 Å². The fourth-order valence-electron chi connectivity index (χ4n) is 3.36. The summed E-state index contributed by atoms with van der Waals surface area (Å²) in [5.41, 5.74) is 2.26. The number of anilines is 1. The van der Waals surface area contributed by atoms with E-state index < -0.39 is 18.1 Å². The van der Waals surface area contributed by atoms with Gasteiger partial charge in [-0.15, -0.1) is 0 Å². The van der Waals surface area contributed by atoms with Crippen molar-refractivity contribution < 1.29 is 33.0 Å². The summed E-state index contributed by atoms with van der Waals surface area (Å²) in [6, 6.07) is 10.3. The summed E-state index contributed by atoms with van der Waals surface area (Å²) >= 11 is 0. The number of aromatic nitrogens is 1. The van der Waals surface area contributed by atoms with E-state index in [4.69, 9.17) is 15.0 Å². The molecule has 0 atom stereocenters. The lowest BCUT2D eigenvalue weighted by Crippen LogP contribution is -2.37. The summed E-state index contributed by atoms with van der Waals surface area (Å²) in [6.45, 7) is 5.78. The Hall–Kier alpha value is -2.88. The molecular formula is C21H26F3N3O4. The number of rotatable bonds is 6. The molecule has 1 saturated heterocycles. The zero-order valence-corrected chi connectivity index (χ0v) is 17.2. The molecule has 1 aromatic heterocycles. The smallest absolute Gasteiger partial charge is 0.481 e. The van der Waals surface area contributed by atoms with Crippen LogP contribution in [0.25, 0.3) is 10.9 Å². The molecule has 1 aromatic carbocycles. The van der Waals surface area contributed by atoms with Gasteiger partial charge in [-0.1, -0.05) is 18.2 Å². The van der Waals surface area contributed by atoms with Crippen LogP contribution in [-0.4, -0.2) is 64.4 Å². The lowest BCUT2D eigenvalue weighted by Gasteiger charge is -2.29. The van der Waals surface area contributed by atoms with E-state index in [1.807, 2.05) is 18.2 Å². The van der Waals surface area contributed by atoms with Gasteiger partial charge in [0.15, 0.2) is 0 Å². The van der Waals surface area contributed by atoms with E-state index in [0.717, 1.165) is 56.8 Å². The van der Waals surface area contributed by atoms with Crippen LogP contribution >= 0.6 is 0 Å². The Morgan fingerprint density at radius 1 is 1.19 bits per heavy atom. The van der Waals surface area contributed by atoms with Crippen molar-refractivity contribution in [2.75, 3.05) is 31.5 Å². The van der Waals surface area contributed by atoms with Crippen molar-refractivity contribution in [3.8, 4) is 0 Å². The van der Waals surface area contributed by atoms with Gasteiger partial charge in [0.2, 0.25) is 0 Å². The van der Waals surface area contributed by atoms with E-state index in [0.29, 0.717) is 0 Å². The number of likely N-dealkylation sites (tertiary alicyclic amines) is 1. The zero-order chi connectivity index (χ0) is 23.0. The first-order chi connectivity index (χ1) is 14.6. The highest BCUT2D eigenvalue weighted by atomic mass is 19.4. The molecule has 1 fully saturated rings. The number of alkyl halides is 3. The van der Waals surface area contributed by atoms with Crippen LogP contribution in [0, 0.1) is 12.8 Å². The van der Waals surface area contributed by atoms with E-state index in [9.17, 15) is 18.0 Å². The predicted octanol–water partition coefficient (Wildman–Crippen LogP) is 3.78. The molecule has 0 radical (unpaired) electrons. The Morgan fingerprint density at radius 3 is 2.39 bits per heavy atom. The van der Waals surface area contributed by atoms with Crippen molar-refractivity contribution in [3.05, 3.63) is 35.9 Å². The minimum absolute atomic E-state index is 0.149. The van der Waals surface area contributed by atoms with E-state index in [1.54, 1.807) is 0 Å². The third-order valence-corrected chi connectivity index (χ3v) is 5.06. The number of nitrogens with zero attached hydrogens (tertiary/aromatic N) is 2. The molecule has 31 heavy (non-hydrogen) atoms. The molecule has 2 heterocycles. The molecule has 0 aliphatic carbocycles. The van der Waals surface area contributed by atoms with Crippen LogP contribution in [0.15, 0.2) is 30.3 Å². The van der Waals surface area contributed by atoms with Gasteiger partial charge in [-0.05, 0) is 63.5 Å². The van der Waals surface area contributed by atoms with Gasteiger partial charge in [0, 0.05) is 11.9 Å². The third kappa shape index (κ3) is 7.71. The van der Waals surface area contributed by atoms with E-state index >= 15 is 0 Å². The van der Waals surface area contributed by atoms with Crippen LogP contribution in [0.1, 0.15) is 24.8 Å². The van der Waals surface area contributed by atoms with Gasteiger partial charge in [-0.3, -0.25) is 4.79 Å². The molecule has 3 rings (SSSR count). The highest BCUT2D eigenvalue weighted by Crippen LogP contribution is 2.20. The Labute approximate surface area is 177 Å². The number of para-hydroxylation sites is 1. The Kier molecular flexibility index (Phi) is 8.61. The number of aryl methyl sites for hydroxylation is 1. The minimum Gasteiger partial charge on any atom is -0.481 e. The number of carboxylic acids is 2. The summed E-state index contributed by atoms with van der Waals surface area (Å²) in [5.74, 6) is -2.62. The largest absolute Gasteiger partial charge is 0.490 e. The maximum atomic E-state index is 11.0. The van der Waals surface area contributed by atoms with Gasteiger partial charge in [-0.25, -0.2) is 9.78 Å². The van der Waals surface area contributed by atoms with E-state index in [1.165, 1.54) is 10.9 Å². The second kappa shape index (κ2) is 10.9. The Bertz CT molecular complexity index is 897. The number of nitrogens with one attached hydrogen (secondary N) is 1. The lowest BCUT2D eigenvalue weighted by atomic mass is 9.97. The zero-order valence-electron chi connectivity index (χ0n) is 17.2. The number of carboxylic acid groups (broad SMARTS) is 2. The van der Waals surface area contributed by atoms with Gasteiger partial charge >= 0.3 is 18.1 Å². The topological polar surface area (TPSA) is 103 Å². The third-order valence-electron chi connectivity index (χ3n) is 5.06. The van der Waals surface area contributed by atoms with Gasteiger partial charge in [0.25, 0.3) is 0 Å². The van der Waals surface area contributed by atoms with Gasteiger partial charge in [0.1, 0.15) is 5.82 Å². The summed E-state index contributed by atoms with van der Waals surface area (Å²) in [4.78, 5) is 26.9. The van der Waals surface area contributed by atoms with Gasteiger partial charge < -0.3 is 20.4 Å². The first kappa shape index (κ1) is 24.4. The van der Waals surface area contributed by atoms with E-state index in [-0.39, 0.29) is 5.92 Å². The number of aliphatic carboxylic acids is 2. The summed E-state index contributed by atoms with van der Waals surface area (Å²) in [6.07, 6.45) is -2.51. The van der Waals surface area contributed by atoms with Crippen LogP contribution in [0.4, 0.5) is 19.0 Å². The average Bonchev–Trinajstić information content (AvgIpc) is 2.71. The highest BCUT2D eigenvalue weighted by molar-refractivity contribution is 5.83. The maximum Gasteiger partial charge on any atom is 0.490 e. The molecule has 0 spiro atoms. The average molecular weight is 441 g/mol. The summed E-state index contributed by atoms with van der Waals surface area (Å²) in [7, 11) is 0. The Balaban J connectivity index is 0.000000423. The number of hydrogen-bond donors (Lipinski definition) is 3. The maximum absolute atomic E-state index is 11.0. The van der Waals surface area contributed by atoms with Crippen molar-refractivity contribution in [1.29, 1.82) is 0 Å². The predicted molar refractivity (Wildman–Crippen MR) is 110 cm³/mol. The Morgan fingerprint density at radius 2 is 1.81 bits per heavy atom. The van der Waals surface area contributed by atoms with E-state index in [2.05, 4.69) is 34.3 Å². The number of fused-ring (bicyclic) bond motifs is 1. The molecule has 170 valence electrons. The standard InChI is InChI=1S/C19H25N3O2.C2HF3O2/c1-14-13-18(21-17-6-3-2-5-16(14)17)20-9-4-10-22-11-7-15(8-12-22)19(23)24;3-2(4,5)1(6)7/h2-3,5-6,13,15H,4,7-12H2,1H3,(H,20,21)(H,23,24);(H,6,7). The van der Waals surface area contributed by atoms with Crippen LogP contribution in [-0.2, 0) is 9.59 Å². The molecule has 0 unspecified atom stereocenters. The quantitative estimate of drug-likeness (QED) is 0.587. The molecule has 1 aliphatic heterocycles. The van der Waals surface area contributed by atoms with Crippen molar-refractivity contribution in [2.24, 2.45) is 5.92 Å². The molecule has 10 heteroatoms. The number of halogens is 3. The van der Waals surface area contributed by atoms with Crippen LogP contribution in [0.3, 0.4) is 0 Å². The summed E-state index contributed by atoms with van der Waals surface area (Å²) < 4.78 is 31.7. The van der Waals surface area contributed by atoms with Crippen molar-refractivity contribution in [2.45, 2.75) is 32.4 Å². The number of pyridine rings is 1. The van der Waals surface area contributed by atoms with Crippen molar-refractivity contribution in [1.82, 2.24) is 9.88 Å². The molecule has 3 N–H and O–H groups in total. The lowest BCUT2D eigenvalue weighted by molar-refractivity contribution is -0.192. The van der Waals surface area contributed by atoms with Crippen molar-refractivity contribution >= 4 is 28.7 Å². The first-order valence-electron chi connectivity index (χ1n) is 9.93. The molecule has 7 nitrogen and oxygen atoms in total. The second-order valence-corrected chi connectivity index (χ2v) is 7.38. The molecule has 1 aliphatic rings. The molecule has 0 saturated carbocycles. The second-order valence-electron chi connectivity index (χ2n) is 7.38. The number of piperidine rings is 1. The number of carbonyl (C=O) groups is 2. The normalized spacial score (nSPS) is 15.2. The van der Waals surface area contributed by atoms with Crippen LogP contribution in [0.2, 0.25) is 0 Å². The first-order valence-corrected chi connectivity index (χ1v) is 9.93. The fourth-order valence-corrected chi connectivity index (χ4v) is 3.36. The molecule has 2 aromatic rings. The summed E-state index contributed by atoms with van der Waals surface area (Å²) in [5, 5.41) is 20.8. The molecule has 0 amide bonds. The minimum atomic E-state index is -5.08. The fraction of sp³-hybridized carbons (Fsp3) is 0.476. The number of hydrogen-bond acceptors (Lipinski definition) is 5. The molecular weight excluding hydrogens is 415 g/mol. The molecule has 0 bridgehead atoms. The number of benzene rings is 1. The van der Waals surface area contributed by atoms with Gasteiger partial charge in [0.05, 0.1) is 11.4 Å². The highest BCUT2D eigenvalue weighted by Gasteiger charge is 2.38. The van der Waals surface area contributed by atoms with Crippen LogP contribution in [0.5, 0.6) is 0 Å². The monoisotopic (exact) mass is 441 g/mol. The van der Waals surface area contributed by atoms with Crippen LogP contribution < -0.4 is 5.32 Å².